The fraction of sp³-hybridized carbons (Fsp3) is 0.389. The number of rotatable bonds is 8. The predicted molar refractivity (Wildman–Crippen MR) is 95.1 cm³/mol. The molecule has 0 aliphatic heterocycles. The standard InChI is InChI=1S/C18H24N6O/c1-14-10-15(2)24(22-14)9-5-6-20-18(25)17(23-7-3-4-8-23)11-16-12-19-13-21-16/h3-4,7-8,10,12-13,17H,5-6,9,11H2,1-2H3,(H,19,21)(H,20,25)/t17-/m1/s1. The van der Waals surface area contributed by atoms with E-state index in [2.05, 4.69) is 26.4 Å². The molecule has 3 rings (SSSR count). The average molecular weight is 340 g/mol. The van der Waals surface area contributed by atoms with E-state index < -0.39 is 0 Å². The van der Waals surface area contributed by atoms with Gasteiger partial charge in [-0.3, -0.25) is 9.48 Å². The topological polar surface area (TPSA) is 80.5 Å². The predicted octanol–water partition coefficient (Wildman–Crippen LogP) is 2.01. The van der Waals surface area contributed by atoms with E-state index in [1.807, 2.05) is 47.6 Å². The van der Waals surface area contributed by atoms with Crippen molar-refractivity contribution in [3.8, 4) is 0 Å². The summed E-state index contributed by atoms with van der Waals surface area (Å²) in [5.74, 6) is 0.0131. The highest BCUT2D eigenvalue weighted by Gasteiger charge is 2.20. The lowest BCUT2D eigenvalue weighted by molar-refractivity contribution is -0.124. The monoisotopic (exact) mass is 340 g/mol. The van der Waals surface area contributed by atoms with E-state index in [0.29, 0.717) is 13.0 Å². The molecule has 0 aliphatic rings. The number of aromatic amines is 1. The van der Waals surface area contributed by atoms with Gasteiger partial charge in [-0.15, -0.1) is 0 Å². The highest BCUT2D eigenvalue weighted by Crippen LogP contribution is 2.13. The van der Waals surface area contributed by atoms with Crippen LogP contribution < -0.4 is 5.32 Å². The molecule has 0 saturated heterocycles. The van der Waals surface area contributed by atoms with Crippen molar-refractivity contribution in [2.24, 2.45) is 0 Å². The third kappa shape index (κ3) is 4.37. The van der Waals surface area contributed by atoms with E-state index in [-0.39, 0.29) is 11.9 Å². The van der Waals surface area contributed by atoms with Gasteiger partial charge in [0.05, 0.1) is 12.0 Å². The minimum atomic E-state index is -0.288. The van der Waals surface area contributed by atoms with Gasteiger partial charge in [-0.05, 0) is 38.5 Å². The molecule has 132 valence electrons. The zero-order valence-electron chi connectivity index (χ0n) is 14.6. The maximum atomic E-state index is 12.7. The fourth-order valence-corrected chi connectivity index (χ4v) is 2.95. The Balaban J connectivity index is 1.54. The molecule has 7 heteroatoms. The number of H-pyrrole nitrogens is 1. The maximum absolute atomic E-state index is 12.7. The van der Waals surface area contributed by atoms with E-state index in [0.717, 1.165) is 30.0 Å². The van der Waals surface area contributed by atoms with E-state index in [4.69, 9.17) is 0 Å². The lowest BCUT2D eigenvalue weighted by Gasteiger charge is -2.18. The molecule has 1 amide bonds. The van der Waals surface area contributed by atoms with Gasteiger partial charge in [0.1, 0.15) is 6.04 Å². The first-order valence-electron chi connectivity index (χ1n) is 8.52. The van der Waals surface area contributed by atoms with Gasteiger partial charge >= 0.3 is 0 Å². The minimum Gasteiger partial charge on any atom is -0.354 e. The van der Waals surface area contributed by atoms with Crippen LogP contribution in [0.2, 0.25) is 0 Å². The van der Waals surface area contributed by atoms with Crippen LogP contribution in [0.25, 0.3) is 0 Å². The molecule has 0 saturated carbocycles. The van der Waals surface area contributed by atoms with Crippen LogP contribution >= 0.6 is 0 Å². The Morgan fingerprint density at radius 3 is 2.76 bits per heavy atom. The molecule has 0 spiro atoms. The molecule has 3 aromatic rings. The van der Waals surface area contributed by atoms with E-state index in [1.54, 1.807) is 12.5 Å². The van der Waals surface area contributed by atoms with Gasteiger partial charge in [-0.25, -0.2) is 4.98 Å². The zero-order valence-corrected chi connectivity index (χ0v) is 14.6. The molecule has 1 atom stereocenters. The molecule has 3 aromatic heterocycles. The second-order valence-corrected chi connectivity index (χ2v) is 6.22. The summed E-state index contributed by atoms with van der Waals surface area (Å²) in [6.07, 6.45) is 8.64. The number of imidazole rings is 1. The molecule has 0 bridgehead atoms. The smallest absolute Gasteiger partial charge is 0.243 e. The van der Waals surface area contributed by atoms with Crippen LogP contribution in [0.15, 0.2) is 43.1 Å². The molecule has 25 heavy (non-hydrogen) atoms. The molecule has 0 aromatic carbocycles. The fourth-order valence-electron chi connectivity index (χ4n) is 2.95. The van der Waals surface area contributed by atoms with Gasteiger partial charge in [0.15, 0.2) is 0 Å². The summed E-state index contributed by atoms with van der Waals surface area (Å²) in [6, 6.07) is 5.63. The van der Waals surface area contributed by atoms with Crippen LogP contribution in [0.4, 0.5) is 0 Å². The molecular weight excluding hydrogens is 316 g/mol. The number of carbonyl (C=O) groups is 1. The van der Waals surface area contributed by atoms with Gasteiger partial charge in [0, 0.05) is 49.5 Å². The number of amides is 1. The van der Waals surface area contributed by atoms with Gasteiger partial charge in [0.25, 0.3) is 0 Å². The van der Waals surface area contributed by atoms with Crippen LogP contribution in [0.5, 0.6) is 0 Å². The summed E-state index contributed by atoms with van der Waals surface area (Å²) < 4.78 is 3.91. The summed E-state index contributed by atoms with van der Waals surface area (Å²) in [4.78, 5) is 19.8. The number of aromatic nitrogens is 5. The Morgan fingerprint density at radius 1 is 1.32 bits per heavy atom. The Hall–Kier alpha value is -2.83. The van der Waals surface area contributed by atoms with Crippen LogP contribution in [0, 0.1) is 13.8 Å². The van der Waals surface area contributed by atoms with E-state index in [9.17, 15) is 4.79 Å². The number of nitrogens with zero attached hydrogens (tertiary/aromatic N) is 4. The Kier molecular flexibility index (Phi) is 5.33. The molecule has 7 nitrogen and oxygen atoms in total. The lowest BCUT2D eigenvalue weighted by atomic mass is 10.1. The van der Waals surface area contributed by atoms with E-state index in [1.165, 1.54) is 0 Å². The van der Waals surface area contributed by atoms with Crippen LogP contribution in [-0.2, 0) is 17.8 Å². The normalized spacial score (nSPS) is 12.2. The third-order valence-electron chi connectivity index (χ3n) is 4.21. The maximum Gasteiger partial charge on any atom is 0.243 e. The molecular formula is C18H24N6O. The van der Waals surface area contributed by atoms with Gasteiger partial charge in [-0.1, -0.05) is 0 Å². The number of nitrogens with one attached hydrogen (secondary N) is 2. The SMILES string of the molecule is Cc1cc(C)n(CCCNC(=O)[C@@H](Cc2cnc[nH]2)n2cccc2)n1. The van der Waals surface area contributed by atoms with Crippen LogP contribution in [-0.4, -0.2) is 36.8 Å². The number of carbonyl (C=O) groups excluding carboxylic acids is 1. The summed E-state index contributed by atoms with van der Waals surface area (Å²) in [5, 5.41) is 7.49. The van der Waals surface area contributed by atoms with Crippen LogP contribution in [0.1, 0.15) is 29.5 Å². The number of aryl methyl sites for hydroxylation is 3. The quantitative estimate of drug-likeness (QED) is 0.616. The first-order chi connectivity index (χ1) is 12.1. The van der Waals surface area contributed by atoms with Crippen molar-refractivity contribution in [1.29, 1.82) is 0 Å². The van der Waals surface area contributed by atoms with Crippen molar-refractivity contribution in [2.45, 2.75) is 39.3 Å². The lowest BCUT2D eigenvalue weighted by Crippen LogP contribution is -2.34. The Morgan fingerprint density at radius 2 is 2.12 bits per heavy atom. The molecule has 0 unspecified atom stereocenters. The van der Waals surface area contributed by atoms with Gasteiger partial charge < -0.3 is 14.9 Å². The van der Waals surface area contributed by atoms with Crippen molar-refractivity contribution in [3.05, 3.63) is 60.2 Å². The summed E-state index contributed by atoms with van der Waals surface area (Å²) in [7, 11) is 0. The third-order valence-corrected chi connectivity index (χ3v) is 4.21. The molecule has 3 heterocycles. The largest absolute Gasteiger partial charge is 0.354 e. The second kappa shape index (κ2) is 7.83. The van der Waals surface area contributed by atoms with E-state index >= 15 is 0 Å². The Bertz CT molecular complexity index is 788. The summed E-state index contributed by atoms with van der Waals surface area (Å²) in [5.41, 5.74) is 3.11. The number of hydrogen-bond donors (Lipinski definition) is 2. The zero-order chi connectivity index (χ0) is 17.6. The Labute approximate surface area is 147 Å². The van der Waals surface area contributed by atoms with Gasteiger partial charge in [-0.2, -0.15) is 5.10 Å². The van der Waals surface area contributed by atoms with Crippen molar-refractivity contribution in [2.75, 3.05) is 6.54 Å². The summed E-state index contributed by atoms with van der Waals surface area (Å²) >= 11 is 0. The summed E-state index contributed by atoms with van der Waals surface area (Å²) in [6.45, 7) is 5.46. The van der Waals surface area contributed by atoms with Crippen molar-refractivity contribution >= 4 is 5.91 Å². The molecule has 0 aliphatic carbocycles. The minimum absolute atomic E-state index is 0.0131. The highest BCUT2D eigenvalue weighted by atomic mass is 16.2. The highest BCUT2D eigenvalue weighted by molar-refractivity contribution is 5.80. The van der Waals surface area contributed by atoms with Gasteiger partial charge in [0.2, 0.25) is 5.91 Å². The average Bonchev–Trinajstić information content (AvgIpc) is 3.32. The molecule has 2 N–H and O–H groups in total. The molecule has 0 radical (unpaired) electrons. The molecule has 0 fully saturated rings. The van der Waals surface area contributed by atoms with Crippen molar-refractivity contribution in [3.63, 3.8) is 0 Å². The van der Waals surface area contributed by atoms with Crippen LogP contribution in [0.3, 0.4) is 0 Å². The first-order valence-corrected chi connectivity index (χ1v) is 8.52. The second-order valence-electron chi connectivity index (χ2n) is 6.22. The first kappa shape index (κ1) is 17.0. The van der Waals surface area contributed by atoms with Crippen molar-refractivity contribution in [1.82, 2.24) is 29.6 Å². The van der Waals surface area contributed by atoms with Crippen molar-refractivity contribution < 1.29 is 4.79 Å². The number of hydrogen-bond acceptors (Lipinski definition) is 3.